The van der Waals surface area contributed by atoms with Crippen LogP contribution in [0.5, 0.6) is 0 Å². The Labute approximate surface area is 73.8 Å². The highest BCUT2D eigenvalue weighted by Crippen LogP contribution is 2.28. The summed E-state index contributed by atoms with van der Waals surface area (Å²) in [6, 6.07) is 0.455. The number of rotatable bonds is 0. The second kappa shape index (κ2) is 3.58. The van der Waals surface area contributed by atoms with E-state index >= 15 is 0 Å². The van der Waals surface area contributed by atoms with Crippen molar-refractivity contribution >= 4 is 0 Å². The van der Waals surface area contributed by atoms with Gasteiger partial charge in [-0.15, -0.1) is 0 Å². The van der Waals surface area contributed by atoms with Crippen molar-refractivity contribution in [3.05, 3.63) is 11.1 Å². The highest BCUT2D eigenvalue weighted by Gasteiger charge is 2.18. The monoisotopic (exact) mass is 167 g/mol. The van der Waals surface area contributed by atoms with E-state index in [9.17, 15) is 0 Å². The van der Waals surface area contributed by atoms with Crippen LogP contribution in [0.2, 0.25) is 0 Å². The van der Waals surface area contributed by atoms with Crippen LogP contribution in [0, 0.1) is 0 Å². The van der Waals surface area contributed by atoms with E-state index in [0.29, 0.717) is 6.04 Å². The SMILES string of the molecule is NC1CCC(=C2CCOC2)CC1. The molecule has 0 spiro atoms. The number of hydrogen-bond donors (Lipinski definition) is 1. The van der Waals surface area contributed by atoms with Gasteiger partial charge in [0, 0.05) is 6.04 Å². The summed E-state index contributed by atoms with van der Waals surface area (Å²) in [6.45, 7) is 1.83. The molecule has 0 radical (unpaired) electrons. The molecule has 1 saturated heterocycles. The molecule has 1 saturated carbocycles. The van der Waals surface area contributed by atoms with Crippen molar-refractivity contribution in [1.82, 2.24) is 0 Å². The molecule has 0 bridgehead atoms. The summed E-state index contributed by atoms with van der Waals surface area (Å²) >= 11 is 0. The Morgan fingerprint density at radius 2 is 1.83 bits per heavy atom. The predicted molar refractivity (Wildman–Crippen MR) is 48.9 cm³/mol. The molecule has 68 valence electrons. The Bertz CT molecular complexity index is 180. The Morgan fingerprint density at radius 1 is 1.08 bits per heavy atom. The number of nitrogens with two attached hydrogens (primary N) is 1. The average Bonchev–Trinajstić information content (AvgIpc) is 2.58. The van der Waals surface area contributed by atoms with Gasteiger partial charge in [-0.05, 0) is 37.7 Å². The van der Waals surface area contributed by atoms with Crippen molar-refractivity contribution in [3.8, 4) is 0 Å². The molecule has 2 aliphatic rings. The molecule has 12 heavy (non-hydrogen) atoms. The molecule has 2 fully saturated rings. The summed E-state index contributed by atoms with van der Waals surface area (Å²) in [5, 5.41) is 0. The third-order valence-corrected chi connectivity index (χ3v) is 2.96. The van der Waals surface area contributed by atoms with Gasteiger partial charge in [0.15, 0.2) is 0 Å². The molecular formula is C10H17NO. The van der Waals surface area contributed by atoms with Gasteiger partial charge in [0.25, 0.3) is 0 Å². The van der Waals surface area contributed by atoms with Crippen molar-refractivity contribution < 1.29 is 4.74 Å². The minimum atomic E-state index is 0.455. The van der Waals surface area contributed by atoms with Crippen molar-refractivity contribution in [2.24, 2.45) is 5.73 Å². The van der Waals surface area contributed by atoms with E-state index in [1.807, 2.05) is 0 Å². The van der Waals surface area contributed by atoms with Gasteiger partial charge in [-0.25, -0.2) is 0 Å². The number of hydrogen-bond acceptors (Lipinski definition) is 2. The van der Waals surface area contributed by atoms with E-state index in [-0.39, 0.29) is 0 Å². The standard InChI is InChI=1S/C10H17NO/c11-10-3-1-8(2-4-10)9-5-6-12-7-9/h10H,1-7,11H2. The maximum absolute atomic E-state index is 5.84. The molecule has 1 aliphatic carbocycles. The van der Waals surface area contributed by atoms with Crippen LogP contribution in [-0.2, 0) is 4.74 Å². The smallest absolute Gasteiger partial charge is 0.0680 e. The Hall–Kier alpha value is -0.340. The van der Waals surface area contributed by atoms with Gasteiger partial charge in [-0.3, -0.25) is 0 Å². The van der Waals surface area contributed by atoms with Gasteiger partial charge < -0.3 is 10.5 Å². The van der Waals surface area contributed by atoms with Crippen LogP contribution in [0.4, 0.5) is 0 Å². The van der Waals surface area contributed by atoms with E-state index in [1.54, 1.807) is 11.1 Å². The van der Waals surface area contributed by atoms with Gasteiger partial charge in [0.2, 0.25) is 0 Å². The Morgan fingerprint density at radius 3 is 2.42 bits per heavy atom. The van der Waals surface area contributed by atoms with Gasteiger partial charge in [-0.1, -0.05) is 5.57 Å². The van der Waals surface area contributed by atoms with Gasteiger partial charge in [-0.2, -0.15) is 0 Å². The van der Waals surface area contributed by atoms with Crippen LogP contribution in [0.15, 0.2) is 11.1 Å². The van der Waals surface area contributed by atoms with E-state index in [0.717, 1.165) is 13.2 Å². The van der Waals surface area contributed by atoms with Crippen LogP contribution < -0.4 is 5.73 Å². The fraction of sp³-hybridized carbons (Fsp3) is 0.800. The molecule has 0 aromatic carbocycles. The normalized spacial score (nSPS) is 31.2. The first-order valence-corrected chi connectivity index (χ1v) is 4.89. The Balaban J connectivity index is 1.99. The van der Waals surface area contributed by atoms with Crippen LogP contribution in [0.3, 0.4) is 0 Å². The Kier molecular flexibility index (Phi) is 2.47. The molecule has 0 atom stereocenters. The summed E-state index contributed by atoms with van der Waals surface area (Å²) < 4.78 is 5.35. The molecule has 1 aliphatic heterocycles. The van der Waals surface area contributed by atoms with Crippen LogP contribution in [-0.4, -0.2) is 19.3 Å². The van der Waals surface area contributed by atoms with E-state index in [4.69, 9.17) is 10.5 Å². The third-order valence-electron chi connectivity index (χ3n) is 2.96. The van der Waals surface area contributed by atoms with Crippen molar-refractivity contribution in [2.45, 2.75) is 38.1 Å². The highest BCUT2D eigenvalue weighted by molar-refractivity contribution is 5.18. The number of ether oxygens (including phenoxy) is 1. The van der Waals surface area contributed by atoms with Crippen molar-refractivity contribution in [1.29, 1.82) is 0 Å². The largest absolute Gasteiger partial charge is 0.377 e. The molecule has 1 heterocycles. The van der Waals surface area contributed by atoms with Crippen molar-refractivity contribution in [3.63, 3.8) is 0 Å². The molecule has 0 unspecified atom stereocenters. The van der Waals surface area contributed by atoms with Crippen molar-refractivity contribution in [2.75, 3.05) is 13.2 Å². The zero-order valence-corrected chi connectivity index (χ0v) is 7.51. The second-order valence-electron chi connectivity index (χ2n) is 3.85. The van der Waals surface area contributed by atoms with Crippen LogP contribution in [0.1, 0.15) is 32.1 Å². The molecule has 2 heteroatoms. The predicted octanol–water partition coefficient (Wildman–Crippen LogP) is 1.60. The lowest BCUT2D eigenvalue weighted by Gasteiger charge is -2.21. The summed E-state index contributed by atoms with van der Waals surface area (Å²) in [4.78, 5) is 0. The summed E-state index contributed by atoms with van der Waals surface area (Å²) in [5.41, 5.74) is 9.06. The first-order chi connectivity index (χ1) is 5.86. The first kappa shape index (κ1) is 8.27. The zero-order valence-electron chi connectivity index (χ0n) is 7.51. The summed E-state index contributed by atoms with van der Waals surface area (Å²) in [5.74, 6) is 0. The maximum Gasteiger partial charge on any atom is 0.0680 e. The quantitative estimate of drug-likeness (QED) is 0.556. The fourth-order valence-corrected chi connectivity index (χ4v) is 2.08. The minimum Gasteiger partial charge on any atom is -0.377 e. The topological polar surface area (TPSA) is 35.2 Å². The lowest BCUT2D eigenvalue weighted by atomic mass is 9.88. The first-order valence-electron chi connectivity index (χ1n) is 4.89. The lowest BCUT2D eigenvalue weighted by Crippen LogP contribution is -2.23. The minimum absolute atomic E-state index is 0.455. The fourth-order valence-electron chi connectivity index (χ4n) is 2.08. The third kappa shape index (κ3) is 1.70. The van der Waals surface area contributed by atoms with E-state index in [2.05, 4.69) is 0 Å². The molecule has 2 rings (SSSR count). The molecular weight excluding hydrogens is 150 g/mol. The van der Waals surface area contributed by atoms with Crippen LogP contribution in [0.25, 0.3) is 0 Å². The molecule has 2 nitrogen and oxygen atoms in total. The van der Waals surface area contributed by atoms with Crippen LogP contribution >= 0.6 is 0 Å². The molecule has 0 aromatic rings. The maximum atomic E-state index is 5.84. The van der Waals surface area contributed by atoms with E-state index < -0.39 is 0 Å². The molecule has 0 aromatic heterocycles. The highest BCUT2D eigenvalue weighted by atomic mass is 16.5. The van der Waals surface area contributed by atoms with Gasteiger partial charge >= 0.3 is 0 Å². The zero-order chi connectivity index (χ0) is 8.39. The van der Waals surface area contributed by atoms with Gasteiger partial charge in [0.05, 0.1) is 13.2 Å². The molecule has 0 amide bonds. The second-order valence-corrected chi connectivity index (χ2v) is 3.85. The summed E-state index contributed by atoms with van der Waals surface area (Å²) in [6.07, 6.45) is 5.97. The summed E-state index contributed by atoms with van der Waals surface area (Å²) in [7, 11) is 0. The number of allylic oxidation sites excluding steroid dienone is 1. The van der Waals surface area contributed by atoms with E-state index in [1.165, 1.54) is 32.1 Å². The average molecular weight is 167 g/mol. The molecule has 2 N–H and O–H groups in total. The lowest BCUT2D eigenvalue weighted by molar-refractivity contribution is 0.204. The van der Waals surface area contributed by atoms with Gasteiger partial charge in [0.1, 0.15) is 0 Å².